The number of halogens is 2. The molecule has 0 unspecified atom stereocenters. The third kappa shape index (κ3) is 4.60. The van der Waals surface area contributed by atoms with E-state index in [1.165, 1.54) is 0 Å². The van der Waals surface area contributed by atoms with E-state index < -0.39 is 0 Å². The van der Waals surface area contributed by atoms with Gasteiger partial charge in [-0.15, -0.1) is 0 Å². The molecule has 0 fully saturated rings. The predicted octanol–water partition coefficient (Wildman–Crippen LogP) is 4.39. The lowest BCUT2D eigenvalue weighted by Gasteiger charge is -2.21. The number of nitrogens with zero attached hydrogens (tertiary/aromatic N) is 1. The zero-order valence-electron chi connectivity index (χ0n) is 10.6. The smallest absolute Gasteiger partial charge is 0.235 e. The Morgan fingerprint density at radius 3 is 2.47 bits per heavy atom. The van der Waals surface area contributed by atoms with Gasteiger partial charge in [0.2, 0.25) is 5.88 Å². The molecule has 1 N–H and O–H groups in total. The van der Waals surface area contributed by atoms with Crippen LogP contribution in [0.3, 0.4) is 0 Å². The highest BCUT2D eigenvalue weighted by atomic mass is 35.5. The Morgan fingerprint density at radius 2 is 1.94 bits per heavy atom. The van der Waals surface area contributed by atoms with Gasteiger partial charge in [-0.05, 0) is 33.3 Å². The number of hydrogen-bond donors (Lipinski definition) is 1. The van der Waals surface area contributed by atoms with Crippen molar-refractivity contribution >= 4 is 29.0 Å². The number of pyridine rings is 1. The minimum Gasteiger partial charge on any atom is -0.471 e. The third-order valence-corrected chi connectivity index (χ3v) is 2.40. The molecule has 3 nitrogen and oxygen atoms in total. The highest BCUT2D eigenvalue weighted by Gasteiger charge is 2.17. The highest BCUT2D eigenvalue weighted by molar-refractivity contribution is 6.36. The first-order chi connectivity index (χ1) is 7.83. The number of hydrogen-bond acceptors (Lipinski definition) is 3. The van der Waals surface area contributed by atoms with Gasteiger partial charge in [-0.2, -0.15) is 4.98 Å². The third-order valence-electron chi connectivity index (χ3n) is 1.84. The Balaban J connectivity index is 2.97. The van der Waals surface area contributed by atoms with Crippen LogP contribution in [-0.2, 0) is 0 Å². The fourth-order valence-corrected chi connectivity index (χ4v) is 1.64. The lowest BCUT2D eigenvalue weighted by atomic mass is 10.2. The van der Waals surface area contributed by atoms with E-state index in [0.29, 0.717) is 21.7 Å². The second-order valence-corrected chi connectivity index (χ2v) is 5.56. The van der Waals surface area contributed by atoms with Crippen molar-refractivity contribution in [2.24, 2.45) is 0 Å². The summed E-state index contributed by atoms with van der Waals surface area (Å²) < 4.78 is 5.67. The van der Waals surface area contributed by atoms with Crippen molar-refractivity contribution in [2.75, 3.05) is 11.9 Å². The molecule has 0 radical (unpaired) electrons. The van der Waals surface area contributed by atoms with Gasteiger partial charge >= 0.3 is 0 Å². The number of aromatic nitrogens is 1. The quantitative estimate of drug-likeness (QED) is 0.886. The summed E-state index contributed by atoms with van der Waals surface area (Å²) in [6.45, 7) is 8.71. The summed E-state index contributed by atoms with van der Waals surface area (Å²) in [6, 6.07) is 1.65. The number of ether oxygens (including phenoxy) is 1. The number of anilines is 1. The lowest BCUT2D eigenvalue weighted by Crippen LogP contribution is -2.24. The van der Waals surface area contributed by atoms with Crippen molar-refractivity contribution in [3.8, 4) is 5.88 Å². The molecule has 0 saturated heterocycles. The van der Waals surface area contributed by atoms with Gasteiger partial charge in [0.1, 0.15) is 16.4 Å². The molecule has 17 heavy (non-hydrogen) atoms. The molecule has 0 saturated carbocycles. The Bertz CT molecular complexity index is 389. The van der Waals surface area contributed by atoms with Gasteiger partial charge in [0.15, 0.2) is 0 Å². The molecule has 0 aliphatic carbocycles. The van der Waals surface area contributed by atoms with Crippen molar-refractivity contribution < 1.29 is 4.74 Å². The minimum absolute atomic E-state index is 0.341. The summed E-state index contributed by atoms with van der Waals surface area (Å²) in [5, 5.41) is 4.06. The van der Waals surface area contributed by atoms with E-state index in [-0.39, 0.29) is 5.60 Å². The molecule has 0 bridgehead atoms. The molecule has 1 aromatic rings. The predicted molar refractivity (Wildman–Crippen MR) is 73.4 cm³/mol. The average molecular weight is 277 g/mol. The topological polar surface area (TPSA) is 34.2 Å². The Morgan fingerprint density at radius 1 is 1.29 bits per heavy atom. The number of rotatable bonds is 4. The van der Waals surface area contributed by atoms with E-state index in [4.69, 9.17) is 27.9 Å². The standard InChI is InChI=1S/C12H18Cl2N2O/c1-5-6-15-10-8(13)7-9(14)11(16-10)17-12(2,3)4/h7H,5-6H2,1-4H3,(H,15,16). The molecule has 1 heterocycles. The zero-order chi connectivity index (χ0) is 13.1. The largest absolute Gasteiger partial charge is 0.471 e. The molecule has 0 aliphatic heterocycles. The maximum Gasteiger partial charge on any atom is 0.235 e. The molecule has 96 valence electrons. The first-order valence-electron chi connectivity index (χ1n) is 5.62. The van der Waals surface area contributed by atoms with Crippen molar-refractivity contribution in [1.29, 1.82) is 0 Å². The van der Waals surface area contributed by atoms with E-state index in [1.54, 1.807) is 6.07 Å². The van der Waals surface area contributed by atoms with Crippen LogP contribution < -0.4 is 10.1 Å². The maximum absolute atomic E-state index is 6.04. The number of nitrogens with one attached hydrogen (secondary N) is 1. The Labute approximate surface area is 112 Å². The summed E-state index contributed by atoms with van der Waals surface area (Å²) in [5.74, 6) is 1.01. The van der Waals surface area contributed by atoms with E-state index in [0.717, 1.165) is 13.0 Å². The van der Waals surface area contributed by atoms with Crippen molar-refractivity contribution in [2.45, 2.75) is 39.7 Å². The lowest BCUT2D eigenvalue weighted by molar-refractivity contribution is 0.124. The summed E-state index contributed by atoms with van der Waals surface area (Å²) in [5.41, 5.74) is -0.341. The highest BCUT2D eigenvalue weighted by Crippen LogP contribution is 2.32. The van der Waals surface area contributed by atoms with E-state index in [1.807, 2.05) is 20.8 Å². The average Bonchev–Trinajstić information content (AvgIpc) is 2.18. The van der Waals surface area contributed by atoms with Crippen LogP contribution in [0.2, 0.25) is 10.0 Å². The zero-order valence-corrected chi connectivity index (χ0v) is 12.1. The molecule has 5 heteroatoms. The Kier molecular flexibility index (Phi) is 4.90. The van der Waals surface area contributed by atoms with E-state index in [2.05, 4.69) is 17.2 Å². The monoisotopic (exact) mass is 276 g/mol. The molecule has 0 amide bonds. The van der Waals surface area contributed by atoms with E-state index >= 15 is 0 Å². The molecule has 0 atom stereocenters. The fraction of sp³-hybridized carbons (Fsp3) is 0.583. The Hall–Kier alpha value is -0.670. The van der Waals surface area contributed by atoms with Gasteiger partial charge < -0.3 is 10.1 Å². The van der Waals surface area contributed by atoms with Crippen LogP contribution in [0.1, 0.15) is 34.1 Å². The summed E-state index contributed by atoms with van der Waals surface area (Å²) >= 11 is 12.1. The van der Waals surface area contributed by atoms with Crippen molar-refractivity contribution in [3.63, 3.8) is 0 Å². The SMILES string of the molecule is CCCNc1nc(OC(C)(C)C)c(Cl)cc1Cl. The minimum atomic E-state index is -0.341. The second kappa shape index (κ2) is 5.78. The molecular formula is C12H18Cl2N2O. The second-order valence-electron chi connectivity index (χ2n) is 4.75. The van der Waals surface area contributed by atoms with Crippen molar-refractivity contribution in [1.82, 2.24) is 4.98 Å². The van der Waals surface area contributed by atoms with Crippen LogP contribution in [-0.4, -0.2) is 17.1 Å². The van der Waals surface area contributed by atoms with Gasteiger partial charge in [-0.3, -0.25) is 0 Å². The normalized spacial score (nSPS) is 11.4. The van der Waals surface area contributed by atoms with Gasteiger partial charge in [-0.1, -0.05) is 30.1 Å². The van der Waals surface area contributed by atoms with Crippen LogP contribution >= 0.6 is 23.2 Å². The molecule has 1 rings (SSSR count). The van der Waals surface area contributed by atoms with Gasteiger partial charge in [0.05, 0.1) is 5.02 Å². The molecule has 0 aliphatic rings. The van der Waals surface area contributed by atoms with Crippen LogP contribution in [0, 0.1) is 0 Å². The fourth-order valence-electron chi connectivity index (χ4n) is 1.18. The molecule has 0 spiro atoms. The molecule has 1 aromatic heterocycles. The first-order valence-corrected chi connectivity index (χ1v) is 6.38. The van der Waals surface area contributed by atoms with Crippen LogP contribution in [0.4, 0.5) is 5.82 Å². The van der Waals surface area contributed by atoms with Gasteiger partial charge in [0.25, 0.3) is 0 Å². The van der Waals surface area contributed by atoms with Gasteiger partial charge in [0, 0.05) is 6.54 Å². The summed E-state index contributed by atoms with van der Waals surface area (Å²) in [4.78, 5) is 4.30. The molecule has 0 aromatic carbocycles. The van der Waals surface area contributed by atoms with Crippen LogP contribution in [0.25, 0.3) is 0 Å². The summed E-state index contributed by atoms with van der Waals surface area (Å²) in [7, 11) is 0. The van der Waals surface area contributed by atoms with Crippen LogP contribution in [0.15, 0.2) is 6.07 Å². The summed E-state index contributed by atoms with van der Waals surface area (Å²) in [6.07, 6.45) is 0.996. The van der Waals surface area contributed by atoms with E-state index in [9.17, 15) is 0 Å². The van der Waals surface area contributed by atoms with Gasteiger partial charge in [-0.25, -0.2) is 0 Å². The van der Waals surface area contributed by atoms with Crippen molar-refractivity contribution in [3.05, 3.63) is 16.1 Å². The maximum atomic E-state index is 6.04. The molecular weight excluding hydrogens is 259 g/mol. The first kappa shape index (κ1) is 14.4. The van der Waals surface area contributed by atoms with Crippen LogP contribution in [0.5, 0.6) is 5.88 Å².